The number of aliphatic hydroxyl groups excluding tert-OH is 1. The molecular formula is C13H14BrNO5S. The van der Waals surface area contributed by atoms with Crippen LogP contribution in [-0.4, -0.2) is 20.6 Å². The molecule has 0 radical (unpaired) electrons. The number of furan rings is 1. The Morgan fingerprint density at radius 1 is 1.38 bits per heavy atom. The molecule has 0 aliphatic rings. The molecule has 0 atom stereocenters. The number of rotatable bonds is 5. The zero-order chi connectivity index (χ0) is 15.6. The Morgan fingerprint density at radius 2 is 2.10 bits per heavy atom. The van der Waals surface area contributed by atoms with Crippen LogP contribution in [0.1, 0.15) is 11.3 Å². The van der Waals surface area contributed by atoms with Crippen molar-refractivity contribution >= 4 is 31.6 Å². The predicted molar refractivity (Wildman–Crippen MR) is 80.9 cm³/mol. The topological polar surface area (TPSA) is 88.8 Å². The van der Waals surface area contributed by atoms with Crippen LogP contribution in [-0.2, 0) is 16.6 Å². The fourth-order valence-corrected chi connectivity index (χ4v) is 3.87. The van der Waals surface area contributed by atoms with Crippen molar-refractivity contribution in [2.45, 2.75) is 18.4 Å². The van der Waals surface area contributed by atoms with Crippen molar-refractivity contribution in [2.24, 2.45) is 0 Å². The number of nitrogens with one attached hydrogen (secondary N) is 1. The highest BCUT2D eigenvalue weighted by atomic mass is 79.9. The first-order chi connectivity index (χ1) is 9.87. The molecule has 21 heavy (non-hydrogen) atoms. The van der Waals surface area contributed by atoms with Gasteiger partial charge in [-0.3, -0.25) is 4.72 Å². The molecule has 0 saturated heterocycles. The lowest BCUT2D eigenvalue weighted by atomic mass is 10.2. The average molecular weight is 376 g/mol. The summed E-state index contributed by atoms with van der Waals surface area (Å²) < 4.78 is 37.4. The highest BCUT2D eigenvalue weighted by molar-refractivity contribution is 9.10. The number of ether oxygens (including phenoxy) is 1. The highest BCUT2D eigenvalue weighted by Crippen LogP contribution is 2.29. The molecule has 0 aliphatic carbocycles. The maximum Gasteiger partial charge on any atom is 0.266 e. The van der Waals surface area contributed by atoms with E-state index in [1.165, 1.54) is 13.2 Å². The fraction of sp³-hybridized carbons (Fsp3) is 0.231. The van der Waals surface area contributed by atoms with Gasteiger partial charge in [0.25, 0.3) is 10.0 Å². The van der Waals surface area contributed by atoms with Crippen LogP contribution in [0.25, 0.3) is 0 Å². The lowest BCUT2D eigenvalue weighted by Gasteiger charge is -2.10. The lowest BCUT2D eigenvalue weighted by Crippen LogP contribution is -2.13. The molecule has 0 aliphatic heterocycles. The molecule has 2 N–H and O–H groups in total. The summed E-state index contributed by atoms with van der Waals surface area (Å²) in [4.78, 5) is -0.0678. The van der Waals surface area contributed by atoms with Gasteiger partial charge >= 0.3 is 0 Å². The van der Waals surface area contributed by atoms with E-state index in [1.807, 2.05) is 0 Å². The molecule has 8 heteroatoms. The molecule has 6 nitrogen and oxygen atoms in total. The van der Waals surface area contributed by atoms with Crippen molar-refractivity contribution in [3.05, 3.63) is 40.3 Å². The third-order valence-electron chi connectivity index (χ3n) is 2.83. The molecule has 0 spiro atoms. The van der Waals surface area contributed by atoms with Crippen molar-refractivity contribution in [1.82, 2.24) is 0 Å². The van der Waals surface area contributed by atoms with Crippen molar-refractivity contribution in [1.29, 1.82) is 0 Å². The highest BCUT2D eigenvalue weighted by Gasteiger charge is 2.23. The van der Waals surface area contributed by atoms with Gasteiger partial charge in [0.1, 0.15) is 23.0 Å². The molecule has 0 saturated carbocycles. The number of methoxy groups -OCH3 is 1. The summed E-state index contributed by atoms with van der Waals surface area (Å²) >= 11 is 3.03. The van der Waals surface area contributed by atoms with Gasteiger partial charge in [-0.15, -0.1) is 0 Å². The summed E-state index contributed by atoms with van der Waals surface area (Å²) in [7, 11) is -2.28. The van der Waals surface area contributed by atoms with Crippen LogP contribution in [0.15, 0.2) is 38.2 Å². The normalized spacial score (nSPS) is 11.4. The van der Waals surface area contributed by atoms with Crippen LogP contribution >= 0.6 is 15.9 Å². The van der Waals surface area contributed by atoms with Gasteiger partial charge in [-0.25, -0.2) is 8.42 Å². The number of anilines is 1. The number of aliphatic hydroxyl groups is 1. The van der Waals surface area contributed by atoms with Gasteiger partial charge in [0.05, 0.1) is 12.8 Å². The maximum absolute atomic E-state index is 12.3. The maximum atomic E-state index is 12.3. The number of sulfonamides is 1. The van der Waals surface area contributed by atoms with E-state index >= 15 is 0 Å². The second kappa shape index (κ2) is 6.08. The molecule has 1 aromatic carbocycles. The number of hydrogen-bond acceptors (Lipinski definition) is 5. The number of aryl methyl sites for hydroxylation is 1. The third kappa shape index (κ3) is 3.39. The fourth-order valence-electron chi connectivity index (χ4n) is 1.74. The van der Waals surface area contributed by atoms with Gasteiger partial charge in [-0.2, -0.15) is 0 Å². The van der Waals surface area contributed by atoms with E-state index in [0.29, 0.717) is 11.4 Å². The van der Waals surface area contributed by atoms with E-state index in [-0.39, 0.29) is 21.9 Å². The molecule has 0 amide bonds. The van der Waals surface area contributed by atoms with E-state index in [0.717, 1.165) is 5.56 Å². The average Bonchev–Trinajstić information content (AvgIpc) is 2.83. The summed E-state index contributed by atoms with van der Waals surface area (Å²) in [6.07, 6.45) is 0. The summed E-state index contributed by atoms with van der Waals surface area (Å²) in [6, 6.07) is 6.27. The van der Waals surface area contributed by atoms with E-state index in [9.17, 15) is 8.42 Å². The van der Waals surface area contributed by atoms with E-state index in [4.69, 9.17) is 14.3 Å². The summed E-state index contributed by atoms with van der Waals surface area (Å²) in [6.45, 7) is 1.39. The molecule has 1 aromatic heterocycles. The zero-order valence-corrected chi connectivity index (χ0v) is 13.8. The van der Waals surface area contributed by atoms with Gasteiger partial charge < -0.3 is 14.3 Å². The summed E-state index contributed by atoms with van der Waals surface area (Å²) in [5, 5.41) is 8.99. The van der Waals surface area contributed by atoms with Crippen LogP contribution in [0.5, 0.6) is 5.75 Å². The van der Waals surface area contributed by atoms with E-state index in [1.54, 1.807) is 25.1 Å². The van der Waals surface area contributed by atoms with Gasteiger partial charge in [0.2, 0.25) is 0 Å². The number of hydrogen-bond donors (Lipinski definition) is 2. The zero-order valence-electron chi connectivity index (χ0n) is 11.4. The molecule has 0 unspecified atom stereocenters. The largest absolute Gasteiger partial charge is 0.497 e. The first kappa shape index (κ1) is 15.9. The molecule has 0 fully saturated rings. The molecule has 1 heterocycles. The van der Waals surface area contributed by atoms with Crippen molar-refractivity contribution in [2.75, 3.05) is 11.8 Å². The third-order valence-corrected chi connectivity index (χ3v) is 5.05. The number of halogens is 1. The first-order valence-corrected chi connectivity index (χ1v) is 8.21. The quantitative estimate of drug-likeness (QED) is 0.838. The van der Waals surface area contributed by atoms with Crippen LogP contribution in [0.2, 0.25) is 0 Å². The Hall–Kier alpha value is -1.51. The Kier molecular flexibility index (Phi) is 4.60. The Balaban J connectivity index is 2.35. The SMILES string of the molecule is COc1ccc(NS(=O)(=O)c2cc(CO)oc2Br)c(C)c1. The molecule has 2 rings (SSSR count). The lowest BCUT2D eigenvalue weighted by molar-refractivity contribution is 0.245. The minimum atomic E-state index is -3.82. The predicted octanol–water partition coefficient (Wildman–Crippen LogP) is 2.65. The van der Waals surface area contributed by atoms with Crippen LogP contribution in [0.4, 0.5) is 5.69 Å². The van der Waals surface area contributed by atoms with Gasteiger partial charge in [0, 0.05) is 6.07 Å². The van der Waals surface area contributed by atoms with Crippen molar-refractivity contribution in [3.63, 3.8) is 0 Å². The Morgan fingerprint density at radius 3 is 2.62 bits per heavy atom. The summed E-state index contributed by atoms with van der Waals surface area (Å²) in [5.74, 6) is 0.802. The van der Waals surface area contributed by atoms with E-state index < -0.39 is 10.0 Å². The van der Waals surface area contributed by atoms with Gasteiger partial charge in [-0.05, 0) is 46.6 Å². The van der Waals surface area contributed by atoms with Crippen molar-refractivity contribution < 1.29 is 22.7 Å². The minimum Gasteiger partial charge on any atom is -0.497 e. The summed E-state index contributed by atoms with van der Waals surface area (Å²) in [5.41, 5.74) is 1.16. The second-order valence-corrected chi connectivity index (χ2v) is 6.67. The van der Waals surface area contributed by atoms with Gasteiger partial charge in [-0.1, -0.05) is 0 Å². The minimum absolute atomic E-state index is 0.0465. The molecule has 114 valence electrons. The first-order valence-electron chi connectivity index (χ1n) is 5.94. The van der Waals surface area contributed by atoms with Gasteiger partial charge in [0.15, 0.2) is 4.67 Å². The number of benzene rings is 1. The smallest absolute Gasteiger partial charge is 0.266 e. The molecular weight excluding hydrogens is 362 g/mol. The van der Waals surface area contributed by atoms with Crippen LogP contribution in [0.3, 0.4) is 0 Å². The second-order valence-electron chi connectivity index (χ2n) is 4.30. The van der Waals surface area contributed by atoms with E-state index in [2.05, 4.69) is 20.7 Å². The molecule has 2 aromatic rings. The van der Waals surface area contributed by atoms with Crippen LogP contribution in [0, 0.1) is 6.92 Å². The Labute approximate surface area is 130 Å². The molecule has 0 bridgehead atoms. The monoisotopic (exact) mass is 375 g/mol. The standard InChI is InChI=1S/C13H14BrNO5S/c1-8-5-9(19-2)3-4-11(8)15-21(17,18)12-6-10(7-16)20-13(12)14/h3-6,15-16H,7H2,1-2H3. The van der Waals surface area contributed by atoms with Crippen LogP contribution < -0.4 is 9.46 Å². The Bertz CT molecular complexity index is 754. The van der Waals surface area contributed by atoms with Crippen molar-refractivity contribution in [3.8, 4) is 5.75 Å².